The molecule has 0 radical (unpaired) electrons. The lowest BCUT2D eigenvalue weighted by Gasteiger charge is -2.32. The molecule has 27 heavy (non-hydrogen) atoms. The number of aliphatic imine (C=N–C) groups is 1. The second-order valence-electron chi connectivity index (χ2n) is 6.93. The van der Waals surface area contributed by atoms with Gasteiger partial charge in [-0.2, -0.15) is 0 Å². The van der Waals surface area contributed by atoms with E-state index in [0.717, 1.165) is 31.0 Å². The van der Waals surface area contributed by atoms with Crippen molar-refractivity contribution in [2.45, 2.75) is 19.4 Å². The molecule has 1 aromatic carbocycles. The first-order chi connectivity index (χ1) is 12.5. The van der Waals surface area contributed by atoms with E-state index < -0.39 is 0 Å². The summed E-state index contributed by atoms with van der Waals surface area (Å²) in [7, 11) is 6.04. The summed E-state index contributed by atoms with van der Waals surface area (Å²) in [4.78, 5) is 11.4. The molecule has 1 aliphatic rings. The van der Waals surface area contributed by atoms with Gasteiger partial charge in [0.15, 0.2) is 5.96 Å². The number of piperazine rings is 1. The zero-order valence-corrected chi connectivity index (χ0v) is 20.4. The van der Waals surface area contributed by atoms with Gasteiger partial charge in [-0.1, -0.05) is 29.3 Å². The SMILES string of the molecule is CN=C(NCCCCN1CCN(C)CC1)N(C)Cc1ccc(Cl)c(Cl)c1.I. The van der Waals surface area contributed by atoms with Crippen LogP contribution in [0.1, 0.15) is 18.4 Å². The molecule has 1 N–H and O–H groups in total. The van der Waals surface area contributed by atoms with Gasteiger partial charge in [0.05, 0.1) is 10.0 Å². The zero-order valence-electron chi connectivity index (χ0n) is 16.5. The Hall–Kier alpha value is -0.280. The Balaban J connectivity index is 0.00000364. The Labute approximate surface area is 191 Å². The van der Waals surface area contributed by atoms with Crippen LogP contribution in [0.25, 0.3) is 0 Å². The largest absolute Gasteiger partial charge is 0.356 e. The number of unbranched alkanes of at least 4 members (excludes halogenated alkanes) is 1. The number of halogens is 3. The molecule has 0 aromatic heterocycles. The zero-order chi connectivity index (χ0) is 18.9. The highest BCUT2D eigenvalue weighted by atomic mass is 127. The van der Waals surface area contributed by atoms with Crippen molar-refractivity contribution in [2.75, 3.05) is 60.4 Å². The maximum atomic E-state index is 6.10. The molecule has 0 amide bonds. The smallest absolute Gasteiger partial charge is 0.193 e. The van der Waals surface area contributed by atoms with Crippen LogP contribution >= 0.6 is 47.2 Å². The van der Waals surface area contributed by atoms with Crippen LogP contribution in [0.15, 0.2) is 23.2 Å². The van der Waals surface area contributed by atoms with E-state index >= 15 is 0 Å². The molecule has 2 rings (SSSR count). The molecule has 0 unspecified atom stereocenters. The highest BCUT2D eigenvalue weighted by molar-refractivity contribution is 14.0. The normalized spacial score (nSPS) is 16.1. The maximum Gasteiger partial charge on any atom is 0.193 e. The monoisotopic (exact) mass is 527 g/mol. The summed E-state index contributed by atoms with van der Waals surface area (Å²) >= 11 is 12.1. The van der Waals surface area contributed by atoms with Gasteiger partial charge in [-0.3, -0.25) is 4.99 Å². The van der Waals surface area contributed by atoms with Gasteiger partial charge in [0.25, 0.3) is 0 Å². The van der Waals surface area contributed by atoms with Crippen LogP contribution in [-0.4, -0.2) is 81.1 Å². The summed E-state index contributed by atoms with van der Waals surface area (Å²) in [5.41, 5.74) is 1.11. The summed E-state index contributed by atoms with van der Waals surface area (Å²) in [6, 6.07) is 5.74. The van der Waals surface area contributed by atoms with Crippen molar-refractivity contribution >= 4 is 53.1 Å². The molecule has 0 atom stereocenters. The number of likely N-dealkylation sites (N-methyl/N-ethyl adjacent to an activating group) is 1. The minimum atomic E-state index is 0. The molecule has 1 aliphatic heterocycles. The lowest BCUT2D eigenvalue weighted by atomic mass is 10.2. The quantitative estimate of drug-likeness (QED) is 0.254. The van der Waals surface area contributed by atoms with Crippen molar-refractivity contribution in [2.24, 2.45) is 4.99 Å². The van der Waals surface area contributed by atoms with Crippen LogP contribution in [-0.2, 0) is 6.54 Å². The van der Waals surface area contributed by atoms with E-state index in [1.54, 1.807) is 0 Å². The van der Waals surface area contributed by atoms with E-state index in [1.807, 2.05) is 32.3 Å². The first kappa shape index (κ1) is 24.8. The van der Waals surface area contributed by atoms with E-state index in [2.05, 4.69) is 32.1 Å². The van der Waals surface area contributed by atoms with E-state index in [-0.39, 0.29) is 24.0 Å². The highest BCUT2D eigenvalue weighted by Gasteiger charge is 2.13. The summed E-state index contributed by atoms with van der Waals surface area (Å²) in [6.07, 6.45) is 2.36. The Kier molecular flexibility index (Phi) is 12.0. The number of guanidine groups is 1. The van der Waals surface area contributed by atoms with E-state index in [9.17, 15) is 0 Å². The number of hydrogen-bond acceptors (Lipinski definition) is 3. The van der Waals surface area contributed by atoms with Crippen LogP contribution in [0.5, 0.6) is 0 Å². The van der Waals surface area contributed by atoms with E-state index in [0.29, 0.717) is 10.0 Å². The molecule has 8 heteroatoms. The molecule has 5 nitrogen and oxygen atoms in total. The summed E-state index contributed by atoms with van der Waals surface area (Å²) in [5.74, 6) is 0.899. The third kappa shape index (κ3) is 8.73. The maximum absolute atomic E-state index is 6.10. The number of nitrogens with zero attached hydrogens (tertiary/aromatic N) is 4. The van der Waals surface area contributed by atoms with Crippen molar-refractivity contribution in [1.82, 2.24) is 20.0 Å². The standard InChI is InChI=1S/C19H31Cl2N5.HI/c1-22-19(25(3)15-16-6-7-17(20)18(21)14-16)23-8-4-5-9-26-12-10-24(2)11-13-26;/h6-7,14H,4-5,8-13,15H2,1-3H3,(H,22,23);1H. The minimum absolute atomic E-state index is 0. The molecule has 0 bridgehead atoms. The van der Waals surface area contributed by atoms with Crippen LogP contribution in [0.2, 0.25) is 10.0 Å². The Bertz CT molecular complexity index is 591. The first-order valence-electron chi connectivity index (χ1n) is 9.26. The molecule has 1 heterocycles. The Morgan fingerprint density at radius 1 is 1.15 bits per heavy atom. The topological polar surface area (TPSA) is 34.1 Å². The molecular formula is C19H32Cl2IN5. The van der Waals surface area contributed by atoms with Gasteiger partial charge in [0, 0.05) is 53.4 Å². The summed E-state index contributed by atoms with van der Waals surface area (Å²) in [6.45, 7) is 7.61. The molecule has 0 aliphatic carbocycles. The van der Waals surface area contributed by atoms with Crippen molar-refractivity contribution in [1.29, 1.82) is 0 Å². The van der Waals surface area contributed by atoms with Gasteiger partial charge in [-0.15, -0.1) is 24.0 Å². The van der Waals surface area contributed by atoms with Crippen LogP contribution in [0, 0.1) is 0 Å². The average molecular weight is 528 g/mol. The average Bonchev–Trinajstić information content (AvgIpc) is 2.62. The second kappa shape index (κ2) is 13.0. The number of hydrogen-bond donors (Lipinski definition) is 1. The molecule has 1 aromatic rings. The van der Waals surface area contributed by atoms with Gasteiger partial charge >= 0.3 is 0 Å². The third-order valence-electron chi connectivity index (χ3n) is 4.76. The predicted molar refractivity (Wildman–Crippen MR) is 128 cm³/mol. The lowest BCUT2D eigenvalue weighted by Crippen LogP contribution is -2.44. The summed E-state index contributed by atoms with van der Waals surface area (Å²) < 4.78 is 0. The fourth-order valence-electron chi connectivity index (χ4n) is 3.10. The lowest BCUT2D eigenvalue weighted by molar-refractivity contribution is 0.152. The van der Waals surface area contributed by atoms with Crippen molar-refractivity contribution in [3.63, 3.8) is 0 Å². The van der Waals surface area contributed by atoms with Crippen molar-refractivity contribution < 1.29 is 0 Å². The van der Waals surface area contributed by atoms with E-state index in [1.165, 1.54) is 39.1 Å². The van der Waals surface area contributed by atoms with Crippen molar-refractivity contribution in [3.05, 3.63) is 33.8 Å². The van der Waals surface area contributed by atoms with Gasteiger partial charge in [-0.05, 0) is 44.1 Å². The van der Waals surface area contributed by atoms with Gasteiger partial charge in [0.1, 0.15) is 0 Å². The van der Waals surface area contributed by atoms with Crippen LogP contribution in [0.4, 0.5) is 0 Å². The molecule has 0 spiro atoms. The van der Waals surface area contributed by atoms with Gasteiger partial charge in [-0.25, -0.2) is 0 Å². The molecule has 1 fully saturated rings. The fourth-order valence-corrected chi connectivity index (χ4v) is 3.42. The molecule has 1 saturated heterocycles. The Morgan fingerprint density at radius 3 is 2.48 bits per heavy atom. The van der Waals surface area contributed by atoms with Crippen LogP contribution in [0.3, 0.4) is 0 Å². The van der Waals surface area contributed by atoms with Gasteiger partial charge < -0.3 is 20.0 Å². The molecule has 0 saturated carbocycles. The van der Waals surface area contributed by atoms with Crippen LogP contribution < -0.4 is 5.32 Å². The number of rotatable bonds is 7. The van der Waals surface area contributed by atoms with Gasteiger partial charge in [0.2, 0.25) is 0 Å². The van der Waals surface area contributed by atoms with E-state index in [4.69, 9.17) is 23.2 Å². The predicted octanol–water partition coefficient (Wildman–Crippen LogP) is 3.65. The Morgan fingerprint density at radius 2 is 1.85 bits per heavy atom. The van der Waals surface area contributed by atoms with Crippen molar-refractivity contribution in [3.8, 4) is 0 Å². The molecular weight excluding hydrogens is 496 g/mol. The summed E-state index contributed by atoms with van der Waals surface area (Å²) in [5, 5.41) is 4.62. The second-order valence-corrected chi connectivity index (χ2v) is 7.74. The molecule has 154 valence electrons. The number of nitrogens with one attached hydrogen (secondary N) is 1. The highest BCUT2D eigenvalue weighted by Crippen LogP contribution is 2.23. The third-order valence-corrected chi connectivity index (χ3v) is 5.50. The fraction of sp³-hybridized carbons (Fsp3) is 0.632. The first-order valence-corrected chi connectivity index (χ1v) is 10.0. The number of benzene rings is 1. The minimum Gasteiger partial charge on any atom is -0.356 e.